The summed E-state index contributed by atoms with van der Waals surface area (Å²) in [5, 5.41) is 11.1. The molecule has 0 spiro atoms. The van der Waals surface area contributed by atoms with Gasteiger partial charge in [-0.25, -0.2) is 0 Å². The van der Waals surface area contributed by atoms with Gasteiger partial charge in [-0.1, -0.05) is 15.9 Å². The first kappa shape index (κ1) is 14.3. The number of piperidine rings is 1. The molecule has 19 heavy (non-hydrogen) atoms. The molecule has 1 aromatic carbocycles. The van der Waals surface area contributed by atoms with E-state index in [0.717, 1.165) is 43.4 Å². The molecule has 0 bridgehead atoms. The monoisotopic (exact) mass is 327 g/mol. The van der Waals surface area contributed by atoms with Gasteiger partial charge in [-0.3, -0.25) is 10.1 Å². The number of halogens is 1. The smallest absolute Gasteiger partial charge is 0.292 e. The molecule has 0 aliphatic carbocycles. The minimum Gasteiger partial charge on any atom is -0.366 e. The van der Waals surface area contributed by atoms with Crippen LogP contribution < -0.4 is 10.6 Å². The minimum atomic E-state index is -0.312. The van der Waals surface area contributed by atoms with Crippen LogP contribution in [0, 0.1) is 16.0 Å². The summed E-state index contributed by atoms with van der Waals surface area (Å²) in [6, 6.07) is 5.11. The van der Waals surface area contributed by atoms with Crippen LogP contribution >= 0.6 is 15.9 Å². The Morgan fingerprint density at radius 2 is 2.11 bits per heavy atom. The average Bonchev–Trinajstić information content (AvgIpc) is 2.39. The van der Waals surface area contributed by atoms with Gasteiger partial charge >= 0.3 is 0 Å². The maximum Gasteiger partial charge on any atom is 0.292 e. The predicted octanol–water partition coefficient (Wildman–Crippen LogP) is 2.92. The summed E-state index contributed by atoms with van der Waals surface area (Å²) in [6.07, 6.45) is 3.16. The third-order valence-electron chi connectivity index (χ3n) is 3.66. The molecule has 0 radical (unpaired) electrons. The summed E-state index contributed by atoms with van der Waals surface area (Å²) in [6.45, 7) is 2.45. The van der Waals surface area contributed by atoms with Crippen molar-refractivity contribution in [2.75, 3.05) is 24.5 Å². The fourth-order valence-electron chi connectivity index (χ4n) is 2.60. The SMILES string of the molecule is NCCC1CCN(c2cc(Br)ccc2[N+](=O)[O-])CC1. The molecule has 0 unspecified atom stereocenters. The van der Waals surface area contributed by atoms with Gasteiger partial charge in [-0.15, -0.1) is 0 Å². The predicted molar refractivity (Wildman–Crippen MR) is 79.4 cm³/mol. The fourth-order valence-corrected chi connectivity index (χ4v) is 2.95. The topological polar surface area (TPSA) is 72.4 Å². The van der Waals surface area contributed by atoms with Crippen LogP contribution in [0.25, 0.3) is 0 Å². The van der Waals surface area contributed by atoms with Crippen LogP contribution in [-0.4, -0.2) is 24.6 Å². The second-order valence-corrected chi connectivity index (χ2v) is 5.81. The Morgan fingerprint density at radius 1 is 1.42 bits per heavy atom. The standard InChI is InChI=1S/C13H18BrN3O2/c14-11-1-2-12(17(18)19)13(9-11)16-7-4-10(3-6-15)5-8-16/h1-2,9-10H,3-8,15H2. The van der Waals surface area contributed by atoms with Crippen molar-refractivity contribution in [1.82, 2.24) is 0 Å². The van der Waals surface area contributed by atoms with E-state index in [4.69, 9.17) is 5.73 Å². The van der Waals surface area contributed by atoms with E-state index in [1.807, 2.05) is 6.07 Å². The molecule has 2 N–H and O–H groups in total. The molecule has 1 aromatic rings. The van der Waals surface area contributed by atoms with E-state index < -0.39 is 0 Å². The van der Waals surface area contributed by atoms with Gasteiger partial charge < -0.3 is 10.6 Å². The number of nitrogens with zero attached hydrogens (tertiary/aromatic N) is 2. The summed E-state index contributed by atoms with van der Waals surface area (Å²) in [5.41, 5.74) is 6.47. The van der Waals surface area contributed by atoms with E-state index in [-0.39, 0.29) is 10.6 Å². The summed E-state index contributed by atoms with van der Waals surface area (Å²) in [5.74, 6) is 0.660. The first-order valence-corrected chi connectivity index (χ1v) is 7.30. The van der Waals surface area contributed by atoms with Gasteiger partial charge in [0, 0.05) is 23.6 Å². The number of nitro benzene ring substituents is 1. The average molecular weight is 328 g/mol. The van der Waals surface area contributed by atoms with E-state index in [1.54, 1.807) is 12.1 Å². The highest BCUT2D eigenvalue weighted by Crippen LogP contribution is 2.34. The quantitative estimate of drug-likeness (QED) is 0.681. The molecule has 104 valence electrons. The molecule has 1 saturated heterocycles. The normalized spacial score (nSPS) is 16.6. The summed E-state index contributed by atoms with van der Waals surface area (Å²) < 4.78 is 0.872. The van der Waals surface area contributed by atoms with Gasteiger partial charge in [0.1, 0.15) is 5.69 Å². The Balaban J connectivity index is 2.14. The number of anilines is 1. The van der Waals surface area contributed by atoms with Crippen molar-refractivity contribution in [3.8, 4) is 0 Å². The molecule has 0 amide bonds. The number of benzene rings is 1. The second-order valence-electron chi connectivity index (χ2n) is 4.90. The van der Waals surface area contributed by atoms with Crippen molar-refractivity contribution < 1.29 is 4.92 Å². The first-order valence-electron chi connectivity index (χ1n) is 6.50. The second kappa shape index (κ2) is 6.34. The number of nitro groups is 1. The third-order valence-corrected chi connectivity index (χ3v) is 4.16. The maximum atomic E-state index is 11.1. The Hall–Kier alpha value is -1.14. The lowest BCUT2D eigenvalue weighted by Gasteiger charge is -2.33. The van der Waals surface area contributed by atoms with Crippen LogP contribution in [0.3, 0.4) is 0 Å². The van der Waals surface area contributed by atoms with Crippen LogP contribution in [0.1, 0.15) is 19.3 Å². The molecule has 1 fully saturated rings. The summed E-state index contributed by atoms with van der Waals surface area (Å²) >= 11 is 3.38. The Morgan fingerprint density at radius 3 is 2.68 bits per heavy atom. The molecular formula is C13H18BrN3O2. The molecule has 2 rings (SSSR count). The van der Waals surface area contributed by atoms with Crippen molar-refractivity contribution in [2.45, 2.75) is 19.3 Å². The van der Waals surface area contributed by atoms with Crippen LogP contribution in [0.15, 0.2) is 22.7 Å². The molecule has 6 heteroatoms. The zero-order valence-corrected chi connectivity index (χ0v) is 12.3. The first-order chi connectivity index (χ1) is 9.11. The Kier molecular flexibility index (Phi) is 4.76. The zero-order valence-electron chi connectivity index (χ0n) is 10.7. The Labute approximate surface area is 121 Å². The molecule has 1 heterocycles. The van der Waals surface area contributed by atoms with Crippen LogP contribution in [0.2, 0.25) is 0 Å². The largest absolute Gasteiger partial charge is 0.366 e. The third kappa shape index (κ3) is 3.45. The molecule has 1 aliphatic rings. The molecular weight excluding hydrogens is 310 g/mol. The van der Waals surface area contributed by atoms with Gasteiger partial charge in [0.2, 0.25) is 0 Å². The van der Waals surface area contributed by atoms with Gasteiger partial charge in [0.25, 0.3) is 5.69 Å². The highest BCUT2D eigenvalue weighted by Gasteiger charge is 2.24. The van der Waals surface area contributed by atoms with E-state index in [2.05, 4.69) is 20.8 Å². The zero-order chi connectivity index (χ0) is 13.8. The fraction of sp³-hybridized carbons (Fsp3) is 0.538. The Bertz CT molecular complexity index is 459. The summed E-state index contributed by atoms with van der Waals surface area (Å²) in [7, 11) is 0. The molecule has 0 atom stereocenters. The lowest BCUT2D eigenvalue weighted by atomic mass is 9.93. The van der Waals surface area contributed by atoms with Crippen molar-refractivity contribution in [3.63, 3.8) is 0 Å². The molecule has 1 aliphatic heterocycles. The highest BCUT2D eigenvalue weighted by molar-refractivity contribution is 9.10. The van der Waals surface area contributed by atoms with Crippen molar-refractivity contribution in [2.24, 2.45) is 11.7 Å². The maximum absolute atomic E-state index is 11.1. The van der Waals surface area contributed by atoms with Gasteiger partial charge in [-0.05, 0) is 43.9 Å². The number of nitrogens with two attached hydrogens (primary N) is 1. The van der Waals surface area contributed by atoms with Crippen LogP contribution in [-0.2, 0) is 0 Å². The van der Waals surface area contributed by atoms with E-state index >= 15 is 0 Å². The summed E-state index contributed by atoms with van der Waals surface area (Å²) in [4.78, 5) is 12.9. The van der Waals surface area contributed by atoms with E-state index in [1.165, 1.54) is 0 Å². The minimum absolute atomic E-state index is 0.181. The van der Waals surface area contributed by atoms with Gasteiger partial charge in [0.15, 0.2) is 0 Å². The van der Waals surface area contributed by atoms with Gasteiger partial charge in [0.05, 0.1) is 4.92 Å². The van der Waals surface area contributed by atoms with E-state index in [9.17, 15) is 10.1 Å². The van der Waals surface area contributed by atoms with Gasteiger partial charge in [-0.2, -0.15) is 0 Å². The van der Waals surface area contributed by atoms with Crippen molar-refractivity contribution in [3.05, 3.63) is 32.8 Å². The molecule has 5 nitrogen and oxygen atoms in total. The molecule has 0 saturated carbocycles. The van der Waals surface area contributed by atoms with E-state index in [0.29, 0.717) is 11.6 Å². The number of hydrogen-bond donors (Lipinski definition) is 1. The number of hydrogen-bond acceptors (Lipinski definition) is 4. The van der Waals surface area contributed by atoms with Crippen molar-refractivity contribution >= 4 is 27.3 Å². The van der Waals surface area contributed by atoms with Crippen LogP contribution in [0.4, 0.5) is 11.4 Å². The molecule has 0 aromatic heterocycles. The lowest BCUT2D eigenvalue weighted by Crippen LogP contribution is -2.34. The van der Waals surface area contributed by atoms with Crippen LogP contribution in [0.5, 0.6) is 0 Å². The number of rotatable bonds is 4. The highest BCUT2D eigenvalue weighted by atomic mass is 79.9. The van der Waals surface area contributed by atoms with Crippen molar-refractivity contribution in [1.29, 1.82) is 0 Å². The lowest BCUT2D eigenvalue weighted by molar-refractivity contribution is -0.384.